The number of nitrogens with zero attached hydrogens (tertiary/aromatic N) is 2. The van der Waals surface area contributed by atoms with Crippen LogP contribution in [0, 0.1) is 0 Å². The standard InChI is InChI=1S/C19H14ClF3N2O2.ClH/c20-16-6-4-13(5-7-16)17(11-25-9-8-24-12-25)27-18(26)14-2-1-3-15(10-14)19(21,22)23;/h1-10,12,17H,11H2;1H. The first-order valence-corrected chi connectivity index (χ1v) is 8.30. The number of carbonyl (C=O) groups excluding carboxylic acids is 1. The van der Waals surface area contributed by atoms with E-state index in [-0.39, 0.29) is 24.5 Å². The molecule has 0 radical (unpaired) electrons. The van der Waals surface area contributed by atoms with E-state index < -0.39 is 23.8 Å². The van der Waals surface area contributed by atoms with Crippen LogP contribution in [0.15, 0.2) is 67.3 Å². The van der Waals surface area contributed by atoms with Gasteiger partial charge in [0, 0.05) is 17.4 Å². The molecule has 0 saturated carbocycles. The first-order valence-electron chi connectivity index (χ1n) is 7.92. The van der Waals surface area contributed by atoms with Gasteiger partial charge in [0.05, 0.1) is 24.0 Å². The minimum absolute atomic E-state index is 0. The summed E-state index contributed by atoms with van der Waals surface area (Å²) in [7, 11) is 0. The topological polar surface area (TPSA) is 44.1 Å². The number of benzene rings is 2. The third-order valence-electron chi connectivity index (χ3n) is 3.85. The number of carbonyl (C=O) groups is 1. The molecule has 0 N–H and O–H groups in total. The van der Waals surface area contributed by atoms with Gasteiger partial charge in [-0.3, -0.25) is 0 Å². The molecular formula is C19H15Cl2F3N2O2. The van der Waals surface area contributed by atoms with Crippen molar-refractivity contribution in [2.45, 2.75) is 18.8 Å². The van der Waals surface area contributed by atoms with Gasteiger partial charge in [-0.05, 0) is 35.9 Å². The first-order chi connectivity index (χ1) is 12.8. The Morgan fingerprint density at radius 3 is 2.50 bits per heavy atom. The summed E-state index contributed by atoms with van der Waals surface area (Å²) in [5, 5.41) is 0.518. The molecule has 28 heavy (non-hydrogen) atoms. The zero-order valence-corrected chi connectivity index (χ0v) is 15.8. The summed E-state index contributed by atoms with van der Waals surface area (Å²) in [6.45, 7) is 0.256. The van der Waals surface area contributed by atoms with Crippen molar-refractivity contribution in [1.29, 1.82) is 0 Å². The van der Waals surface area contributed by atoms with E-state index in [0.717, 1.165) is 12.1 Å². The number of halogens is 5. The summed E-state index contributed by atoms with van der Waals surface area (Å²) in [6, 6.07) is 10.8. The van der Waals surface area contributed by atoms with Crippen LogP contribution in [0.2, 0.25) is 5.02 Å². The predicted molar refractivity (Wildman–Crippen MR) is 101 cm³/mol. The number of hydrogen-bond donors (Lipinski definition) is 0. The SMILES string of the molecule is Cl.O=C(OC(Cn1ccnc1)c1ccc(Cl)cc1)c1cccc(C(F)(F)F)c1. The van der Waals surface area contributed by atoms with E-state index in [1.54, 1.807) is 47.6 Å². The van der Waals surface area contributed by atoms with Gasteiger partial charge in [0.2, 0.25) is 0 Å². The molecule has 1 aromatic heterocycles. The summed E-state index contributed by atoms with van der Waals surface area (Å²) >= 11 is 5.89. The smallest absolute Gasteiger partial charge is 0.416 e. The summed E-state index contributed by atoms with van der Waals surface area (Å²) in [6.07, 6.45) is -0.434. The Morgan fingerprint density at radius 1 is 1.18 bits per heavy atom. The Kier molecular flexibility index (Phi) is 7.10. The normalized spacial score (nSPS) is 12.1. The number of esters is 1. The summed E-state index contributed by atoms with van der Waals surface area (Å²) in [4.78, 5) is 16.4. The van der Waals surface area contributed by atoms with Gasteiger partial charge in [-0.25, -0.2) is 9.78 Å². The molecule has 1 atom stereocenters. The van der Waals surface area contributed by atoms with Gasteiger partial charge >= 0.3 is 12.1 Å². The molecule has 0 bridgehead atoms. The molecule has 148 valence electrons. The first kappa shape index (κ1) is 21.8. The number of imidazole rings is 1. The highest BCUT2D eigenvalue weighted by Gasteiger charge is 2.31. The summed E-state index contributed by atoms with van der Waals surface area (Å²) < 4.78 is 45.8. The summed E-state index contributed by atoms with van der Waals surface area (Å²) in [5.41, 5.74) is -0.419. The highest BCUT2D eigenvalue weighted by atomic mass is 35.5. The van der Waals surface area contributed by atoms with Gasteiger partial charge in [-0.2, -0.15) is 13.2 Å². The van der Waals surface area contributed by atoms with Gasteiger partial charge in [-0.15, -0.1) is 12.4 Å². The van der Waals surface area contributed by atoms with Gasteiger partial charge < -0.3 is 9.30 Å². The molecule has 0 aliphatic carbocycles. The number of alkyl halides is 3. The zero-order chi connectivity index (χ0) is 19.4. The highest BCUT2D eigenvalue weighted by molar-refractivity contribution is 6.30. The van der Waals surface area contributed by atoms with Crippen LogP contribution in [-0.4, -0.2) is 15.5 Å². The Balaban J connectivity index is 0.00000280. The average Bonchev–Trinajstić information content (AvgIpc) is 3.14. The van der Waals surface area contributed by atoms with Gasteiger partial charge in [0.15, 0.2) is 0 Å². The summed E-state index contributed by atoms with van der Waals surface area (Å²) in [5.74, 6) is -0.846. The van der Waals surface area contributed by atoms with Crippen LogP contribution in [0.3, 0.4) is 0 Å². The van der Waals surface area contributed by atoms with E-state index >= 15 is 0 Å². The van der Waals surface area contributed by atoms with E-state index in [1.807, 2.05) is 0 Å². The second kappa shape index (κ2) is 9.12. The molecular weight excluding hydrogens is 416 g/mol. The predicted octanol–water partition coefficient (Wildman–Crippen LogP) is 5.58. The Bertz CT molecular complexity index is 914. The molecule has 0 aliphatic heterocycles. The minimum atomic E-state index is -4.54. The second-order valence-electron chi connectivity index (χ2n) is 5.78. The molecule has 0 spiro atoms. The molecule has 3 aromatic rings. The lowest BCUT2D eigenvalue weighted by Crippen LogP contribution is -2.17. The van der Waals surface area contributed by atoms with Crippen molar-refractivity contribution in [3.05, 3.63) is 89.0 Å². The van der Waals surface area contributed by atoms with Gasteiger partial charge in [0.25, 0.3) is 0 Å². The van der Waals surface area contributed by atoms with E-state index in [0.29, 0.717) is 10.6 Å². The zero-order valence-electron chi connectivity index (χ0n) is 14.3. The van der Waals surface area contributed by atoms with Crippen molar-refractivity contribution < 1.29 is 22.7 Å². The van der Waals surface area contributed by atoms with Crippen molar-refractivity contribution in [3.63, 3.8) is 0 Å². The maximum Gasteiger partial charge on any atom is 0.416 e. The van der Waals surface area contributed by atoms with Crippen LogP contribution in [0.1, 0.15) is 27.6 Å². The van der Waals surface area contributed by atoms with Crippen LogP contribution in [0.4, 0.5) is 13.2 Å². The Hall–Kier alpha value is -2.51. The molecule has 1 heterocycles. The van der Waals surface area contributed by atoms with Gasteiger partial charge in [-0.1, -0.05) is 29.8 Å². The van der Waals surface area contributed by atoms with Crippen LogP contribution >= 0.6 is 24.0 Å². The van der Waals surface area contributed by atoms with E-state index in [2.05, 4.69) is 4.98 Å². The Labute approximate surface area is 170 Å². The fraction of sp³-hybridized carbons (Fsp3) is 0.158. The molecule has 1 unspecified atom stereocenters. The largest absolute Gasteiger partial charge is 0.452 e. The Morgan fingerprint density at radius 2 is 1.89 bits per heavy atom. The van der Waals surface area contributed by atoms with Crippen molar-refractivity contribution in [2.75, 3.05) is 0 Å². The molecule has 0 saturated heterocycles. The minimum Gasteiger partial charge on any atom is -0.452 e. The third-order valence-corrected chi connectivity index (χ3v) is 4.10. The second-order valence-corrected chi connectivity index (χ2v) is 6.22. The average molecular weight is 431 g/mol. The lowest BCUT2D eigenvalue weighted by atomic mass is 10.1. The number of hydrogen-bond acceptors (Lipinski definition) is 3. The lowest BCUT2D eigenvalue weighted by Gasteiger charge is -2.19. The van der Waals surface area contributed by atoms with Crippen molar-refractivity contribution >= 4 is 30.0 Å². The number of rotatable bonds is 5. The lowest BCUT2D eigenvalue weighted by molar-refractivity contribution is -0.137. The maximum atomic E-state index is 12.9. The van der Waals surface area contributed by atoms with Crippen LogP contribution in [0.5, 0.6) is 0 Å². The van der Waals surface area contributed by atoms with Gasteiger partial charge in [0.1, 0.15) is 6.10 Å². The highest BCUT2D eigenvalue weighted by Crippen LogP contribution is 2.30. The van der Waals surface area contributed by atoms with Crippen molar-refractivity contribution in [2.24, 2.45) is 0 Å². The molecule has 0 amide bonds. The van der Waals surface area contributed by atoms with Crippen molar-refractivity contribution in [1.82, 2.24) is 9.55 Å². The van der Waals surface area contributed by atoms with Crippen LogP contribution in [0.25, 0.3) is 0 Å². The van der Waals surface area contributed by atoms with Crippen LogP contribution < -0.4 is 0 Å². The molecule has 4 nitrogen and oxygen atoms in total. The maximum absolute atomic E-state index is 12.9. The van der Waals surface area contributed by atoms with E-state index in [9.17, 15) is 18.0 Å². The number of aromatic nitrogens is 2. The molecule has 0 aliphatic rings. The number of ether oxygens (including phenoxy) is 1. The molecule has 2 aromatic carbocycles. The fourth-order valence-corrected chi connectivity index (χ4v) is 2.62. The van der Waals surface area contributed by atoms with Crippen molar-refractivity contribution in [3.8, 4) is 0 Å². The van der Waals surface area contributed by atoms with E-state index in [4.69, 9.17) is 16.3 Å². The fourth-order valence-electron chi connectivity index (χ4n) is 2.49. The van der Waals surface area contributed by atoms with E-state index in [1.165, 1.54) is 12.1 Å². The van der Waals surface area contributed by atoms with Crippen LogP contribution in [-0.2, 0) is 17.5 Å². The quantitative estimate of drug-likeness (QED) is 0.496. The molecule has 0 fully saturated rings. The monoisotopic (exact) mass is 430 g/mol. The molecule has 9 heteroatoms. The third kappa shape index (κ3) is 5.50. The molecule has 3 rings (SSSR count).